The van der Waals surface area contributed by atoms with Gasteiger partial charge in [-0.15, -0.1) is 0 Å². The van der Waals surface area contributed by atoms with Crippen molar-refractivity contribution >= 4 is 17.6 Å². The first-order valence-corrected chi connectivity index (χ1v) is 8.18. The zero-order valence-corrected chi connectivity index (χ0v) is 13.6. The SMILES string of the molecule is Cc1cc(Nc2cc(-c3ccccc3)nc(N3CCCC3)n2)no1. The van der Waals surface area contributed by atoms with Crippen LogP contribution in [0.3, 0.4) is 0 Å². The van der Waals surface area contributed by atoms with Gasteiger partial charge in [0.25, 0.3) is 0 Å². The van der Waals surface area contributed by atoms with Crippen molar-refractivity contribution in [2.24, 2.45) is 0 Å². The van der Waals surface area contributed by atoms with E-state index in [0.29, 0.717) is 5.82 Å². The summed E-state index contributed by atoms with van der Waals surface area (Å²) in [5.74, 6) is 2.89. The van der Waals surface area contributed by atoms with Crippen LogP contribution in [0.1, 0.15) is 18.6 Å². The Morgan fingerprint density at radius 1 is 1.00 bits per heavy atom. The summed E-state index contributed by atoms with van der Waals surface area (Å²) in [5.41, 5.74) is 1.97. The Balaban J connectivity index is 1.73. The summed E-state index contributed by atoms with van der Waals surface area (Å²) in [6, 6.07) is 13.9. The number of aryl methyl sites for hydroxylation is 1. The fourth-order valence-electron chi connectivity index (χ4n) is 2.87. The number of benzene rings is 1. The summed E-state index contributed by atoms with van der Waals surface area (Å²) in [5, 5.41) is 7.20. The fraction of sp³-hybridized carbons (Fsp3) is 0.278. The van der Waals surface area contributed by atoms with Gasteiger partial charge in [0, 0.05) is 30.8 Å². The van der Waals surface area contributed by atoms with Gasteiger partial charge in [-0.1, -0.05) is 35.5 Å². The van der Waals surface area contributed by atoms with E-state index >= 15 is 0 Å². The largest absolute Gasteiger partial charge is 0.360 e. The van der Waals surface area contributed by atoms with Gasteiger partial charge in [-0.3, -0.25) is 0 Å². The van der Waals surface area contributed by atoms with Gasteiger partial charge in [-0.2, -0.15) is 4.98 Å². The fourth-order valence-corrected chi connectivity index (χ4v) is 2.87. The Bertz CT molecular complexity index is 824. The standard InChI is InChI=1S/C18H19N5O/c1-13-11-17(22-24-13)20-16-12-15(14-7-3-2-4-8-14)19-18(21-16)23-9-5-6-10-23/h2-4,7-8,11-12H,5-6,9-10H2,1H3,(H,19,20,21,22). The molecule has 1 aliphatic rings. The van der Waals surface area contributed by atoms with Crippen molar-refractivity contribution in [3.05, 3.63) is 48.2 Å². The quantitative estimate of drug-likeness (QED) is 0.788. The number of aromatic nitrogens is 3. The van der Waals surface area contributed by atoms with E-state index in [0.717, 1.165) is 41.9 Å². The first kappa shape index (κ1) is 14.7. The Kier molecular flexibility index (Phi) is 3.86. The van der Waals surface area contributed by atoms with E-state index in [4.69, 9.17) is 9.51 Å². The van der Waals surface area contributed by atoms with Gasteiger partial charge < -0.3 is 14.7 Å². The highest BCUT2D eigenvalue weighted by atomic mass is 16.5. The summed E-state index contributed by atoms with van der Waals surface area (Å²) in [4.78, 5) is 11.7. The molecule has 3 heterocycles. The van der Waals surface area contributed by atoms with Gasteiger partial charge in [0.2, 0.25) is 5.95 Å². The molecule has 1 fully saturated rings. The summed E-state index contributed by atoms with van der Waals surface area (Å²) in [6.45, 7) is 3.87. The maximum atomic E-state index is 5.12. The van der Waals surface area contributed by atoms with Crippen molar-refractivity contribution in [2.45, 2.75) is 19.8 Å². The van der Waals surface area contributed by atoms with Gasteiger partial charge in [0.05, 0.1) is 5.69 Å². The number of hydrogen-bond donors (Lipinski definition) is 1. The molecular formula is C18H19N5O. The molecular weight excluding hydrogens is 302 g/mol. The molecule has 0 atom stereocenters. The molecule has 1 saturated heterocycles. The molecule has 1 N–H and O–H groups in total. The molecule has 0 bridgehead atoms. The third kappa shape index (κ3) is 3.08. The molecule has 0 unspecified atom stereocenters. The van der Waals surface area contributed by atoms with Crippen LogP contribution in [0.4, 0.5) is 17.6 Å². The highest BCUT2D eigenvalue weighted by Crippen LogP contribution is 2.26. The molecule has 0 aliphatic carbocycles. The van der Waals surface area contributed by atoms with Crippen LogP contribution in [-0.4, -0.2) is 28.2 Å². The summed E-state index contributed by atoms with van der Waals surface area (Å²) < 4.78 is 5.12. The van der Waals surface area contributed by atoms with Gasteiger partial charge in [0.15, 0.2) is 5.82 Å². The van der Waals surface area contributed by atoms with Crippen molar-refractivity contribution in [3.63, 3.8) is 0 Å². The second kappa shape index (κ2) is 6.31. The zero-order valence-electron chi connectivity index (χ0n) is 13.6. The molecule has 0 radical (unpaired) electrons. The molecule has 0 spiro atoms. The highest BCUT2D eigenvalue weighted by molar-refractivity contribution is 5.66. The van der Waals surface area contributed by atoms with Crippen LogP contribution in [0.5, 0.6) is 0 Å². The van der Waals surface area contributed by atoms with E-state index in [2.05, 4.69) is 32.5 Å². The molecule has 6 heteroatoms. The lowest BCUT2D eigenvalue weighted by Crippen LogP contribution is -2.21. The molecule has 4 rings (SSSR count). The van der Waals surface area contributed by atoms with Crippen molar-refractivity contribution in [2.75, 3.05) is 23.3 Å². The number of hydrogen-bond acceptors (Lipinski definition) is 6. The lowest BCUT2D eigenvalue weighted by atomic mass is 10.1. The first-order chi connectivity index (χ1) is 11.8. The Morgan fingerprint density at radius 3 is 2.50 bits per heavy atom. The van der Waals surface area contributed by atoms with E-state index in [1.807, 2.05) is 37.3 Å². The van der Waals surface area contributed by atoms with E-state index in [-0.39, 0.29) is 0 Å². The predicted octanol–water partition coefficient (Wildman–Crippen LogP) is 3.78. The van der Waals surface area contributed by atoms with Crippen LogP contribution in [0.15, 0.2) is 47.0 Å². The van der Waals surface area contributed by atoms with E-state index in [1.165, 1.54) is 12.8 Å². The summed E-state index contributed by atoms with van der Waals surface area (Å²) in [6.07, 6.45) is 2.37. The average Bonchev–Trinajstić information content (AvgIpc) is 3.27. The van der Waals surface area contributed by atoms with E-state index < -0.39 is 0 Å². The zero-order chi connectivity index (χ0) is 16.4. The van der Waals surface area contributed by atoms with Crippen molar-refractivity contribution in [3.8, 4) is 11.3 Å². The third-order valence-electron chi connectivity index (χ3n) is 4.06. The van der Waals surface area contributed by atoms with Crippen LogP contribution in [0, 0.1) is 6.92 Å². The molecule has 1 aliphatic heterocycles. The molecule has 3 aromatic rings. The topological polar surface area (TPSA) is 67.1 Å². The number of nitrogens with zero attached hydrogens (tertiary/aromatic N) is 4. The van der Waals surface area contributed by atoms with Crippen LogP contribution in [0.25, 0.3) is 11.3 Å². The van der Waals surface area contributed by atoms with Gasteiger partial charge in [-0.25, -0.2) is 4.98 Å². The van der Waals surface area contributed by atoms with E-state index in [9.17, 15) is 0 Å². The second-order valence-electron chi connectivity index (χ2n) is 5.95. The minimum Gasteiger partial charge on any atom is -0.360 e. The maximum absolute atomic E-state index is 5.12. The monoisotopic (exact) mass is 321 g/mol. The summed E-state index contributed by atoms with van der Waals surface area (Å²) in [7, 11) is 0. The number of anilines is 3. The molecule has 122 valence electrons. The molecule has 24 heavy (non-hydrogen) atoms. The van der Waals surface area contributed by atoms with Crippen LogP contribution < -0.4 is 10.2 Å². The predicted molar refractivity (Wildman–Crippen MR) is 93.4 cm³/mol. The Morgan fingerprint density at radius 2 is 1.79 bits per heavy atom. The Hall–Kier alpha value is -2.89. The van der Waals surface area contributed by atoms with Crippen LogP contribution >= 0.6 is 0 Å². The summed E-state index contributed by atoms with van der Waals surface area (Å²) >= 11 is 0. The molecule has 6 nitrogen and oxygen atoms in total. The minimum absolute atomic E-state index is 0.651. The second-order valence-corrected chi connectivity index (χ2v) is 5.95. The van der Waals surface area contributed by atoms with Crippen molar-refractivity contribution < 1.29 is 4.52 Å². The smallest absolute Gasteiger partial charge is 0.227 e. The van der Waals surface area contributed by atoms with Gasteiger partial charge in [-0.05, 0) is 19.8 Å². The average molecular weight is 321 g/mol. The van der Waals surface area contributed by atoms with Gasteiger partial charge in [0.1, 0.15) is 11.6 Å². The lowest BCUT2D eigenvalue weighted by Gasteiger charge is -2.17. The molecule has 0 amide bonds. The minimum atomic E-state index is 0.651. The van der Waals surface area contributed by atoms with E-state index in [1.54, 1.807) is 0 Å². The Labute approximate surface area is 140 Å². The molecule has 2 aromatic heterocycles. The number of rotatable bonds is 4. The van der Waals surface area contributed by atoms with Crippen molar-refractivity contribution in [1.82, 2.24) is 15.1 Å². The molecule has 1 aromatic carbocycles. The maximum Gasteiger partial charge on any atom is 0.227 e. The van der Waals surface area contributed by atoms with Crippen molar-refractivity contribution in [1.29, 1.82) is 0 Å². The third-order valence-corrected chi connectivity index (χ3v) is 4.06. The lowest BCUT2D eigenvalue weighted by molar-refractivity contribution is 0.400. The first-order valence-electron chi connectivity index (χ1n) is 8.18. The van der Waals surface area contributed by atoms with Gasteiger partial charge >= 0.3 is 0 Å². The highest BCUT2D eigenvalue weighted by Gasteiger charge is 2.17. The molecule has 0 saturated carbocycles. The van der Waals surface area contributed by atoms with Crippen LogP contribution in [-0.2, 0) is 0 Å². The normalized spacial score (nSPS) is 14.1. The van der Waals surface area contributed by atoms with Crippen LogP contribution in [0.2, 0.25) is 0 Å². The number of nitrogens with one attached hydrogen (secondary N) is 1.